The van der Waals surface area contributed by atoms with Gasteiger partial charge in [-0.1, -0.05) is 43.3 Å². The molecule has 1 aliphatic rings. The summed E-state index contributed by atoms with van der Waals surface area (Å²) in [5.74, 6) is 0.708. The van der Waals surface area contributed by atoms with E-state index >= 15 is 0 Å². The molecular weight excluding hydrogens is 156 g/mol. The predicted octanol–water partition coefficient (Wildman–Crippen LogP) is 3.70. The SMILES string of the molecule is CCC1c2cccc3cccc1c23. The molecule has 0 aromatic heterocycles. The molecule has 2 aromatic carbocycles. The van der Waals surface area contributed by atoms with Gasteiger partial charge in [0, 0.05) is 5.92 Å². The predicted molar refractivity (Wildman–Crippen MR) is 56.1 cm³/mol. The first-order valence-corrected chi connectivity index (χ1v) is 4.93. The van der Waals surface area contributed by atoms with E-state index < -0.39 is 0 Å². The van der Waals surface area contributed by atoms with E-state index in [2.05, 4.69) is 43.3 Å². The van der Waals surface area contributed by atoms with Gasteiger partial charge in [-0.15, -0.1) is 0 Å². The highest BCUT2D eigenvalue weighted by atomic mass is 14.3. The fraction of sp³-hybridized carbons (Fsp3) is 0.231. The van der Waals surface area contributed by atoms with Crippen LogP contribution >= 0.6 is 0 Å². The van der Waals surface area contributed by atoms with Crippen molar-refractivity contribution in [2.24, 2.45) is 0 Å². The molecule has 0 radical (unpaired) electrons. The van der Waals surface area contributed by atoms with Crippen LogP contribution < -0.4 is 0 Å². The molecule has 0 amide bonds. The van der Waals surface area contributed by atoms with E-state index in [1.165, 1.54) is 17.2 Å². The molecule has 64 valence electrons. The first-order valence-electron chi connectivity index (χ1n) is 4.93. The van der Waals surface area contributed by atoms with Gasteiger partial charge in [-0.3, -0.25) is 0 Å². The third-order valence-corrected chi connectivity index (χ3v) is 3.13. The Hall–Kier alpha value is -1.30. The Labute approximate surface area is 78.2 Å². The Morgan fingerprint density at radius 1 is 1.00 bits per heavy atom. The highest BCUT2D eigenvalue weighted by Gasteiger charge is 2.26. The quantitative estimate of drug-likeness (QED) is 0.609. The maximum atomic E-state index is 2.27. The van der Waals surface area contributed by atoms with Crippen LogP contribution in [0, 0.1) is 0 Å². The summed E-state index contributed by atoms with van der Waals surface area (Å²) in [4.78, 5) is 0. The van der Waals surface area contributed by atoms with Crippen molar-refractivity contribution in [3.8, 4) is 0 Å². The van der Waals surface area contributed by atoms with Crippen molar-refractivity contribution in [1.82, 2.24) is 0 Å². The Morgan fingerprint density at radius 3 is 2.15 bits per heavy atom. The van der Waals surface area contributed by atoms with Gasteiger partial charge in [0.25, 0.3) is 0 Å². The van der Waals surface area contributed by atoms with Crippen molar-refractivity contribution in [3.05, 3.63) is 47.5 Å². The Bertz CT molecular complexity index is 430. The van der Waals surface area contributed by atoms with Crippen LogP contribution in [0.3, 0.4) is 0 Å². The molecule has 0 atom stereocenters. The summed E-state index contributed by atoms with van der Waals surface area (Å²) in [6.07, 6.45) is 1.23. The third-order valence-electron chi connectivity index (χ3n) is 3.13. The van der Waals surface area contributed by atoms with Crippen LogP contribution in [0.5, 0.6) is 0 Å². The molecule has 0 fully saturated rings. The van der Waals surface area contributed by atoms with Crippen molar-refractivity contribution < 1.29 is 0 Å². The van der Waals surface area contributed by atoms with Gasteiger partial charge in [0.2, 0.25) is 0 Å². The molecule has 0 spiro atoms. The normalized spacial score (nSPS) is 14.5. The Balaban J connectivity index is 2.39. The summed E-state index contributed by atoms with van der Waals surface area (Å²) < 4.78 is 0. The monoisotopic (exact) mass is 168 g/mol. The van der Waals surface area contributed by atoms with Crippen LogP contribution in [0.25, 0.3) is 10.8 Å². The largest absolute Gasteiger partial charge is 0.0645 e. The molecule has 0 nitrogen and oxygen atoms in total. The molecule has 13 heavy (non-hydrogen) atoms. The van der Waals surface area contributed by atoms with E-state index in [0.29, 0.717) is 5.92 Å². The summed E-state index contributed by atoms with van der Waals surface area (Å²) in [5.41, 5.74) is 3.10. The smallest absolute Gasteiger partial charge is 0.00992 e. The lowest BCUT2D eigenvalue weighted by Crippen LogP contribution is -2.11. The topological polar surface area (TPSA) is 0 Å². The molecule has 0 N–H and O–H groups in total. The van der Waals surface area contributed by atoms with Gasteiger partial charge in [0.1, 0.15) is 0 Å². The van der Waals surface area contributed by atoms with E-state index in [1.54, 1.807) is 11.1 Å². The third kappa shape index (κ3) is 0.757. The van der Waals surface area contributed by atoms with E-state index in [0.717, 1.165) is 0 Å². The summed E-state index contributed by atoms with van der Waals surface area (Å²) in [7, 11) is 0. The first-order chi connectivity index (χ1) is 6.42. The van der Waals surface area contributed by atoms with E-state index in [-0.39, 0.29) is 0 Å². The fourth-order valence-corrected chi connectivity index (χ4v) is 2.51. The van der Waals surface area contributed by atoms with Gasteiger partial charge >= 0.3 is 0 Å². The molecule has 2 aromatic rings. The standard InChI is InChI=1S/C13H12/c1-2-10-11-7-3-5-9-6-4-8-12(10)13(9)11/h3-8,10H,2H2,1H3. The molecule has 0 saturated carbocycles. The minimum absolute atomic E-state index is 0.708. The van der Waals surface area contributed by atoms with Gasteiger partial charge < -0.3 is 0 Å². The summed E-state index contributed by atoms with van der Waals surface area (Å²) in [6.45, 7) is 2.26. The van der Waals surface area contributed by atoms with E-state index in [4.69, 9.17) is 0 Å². The van der Waals surface area contributed by atoms with Crippen molar-refractivity contribution in [3.63, 3.8) is 0 Å². The second kappa shape index (κ2) is 2.35. The zero-order valence-corrected chi connectivity index (χ0v) is 7.75. The minimum atomic E-state index is 0.708. The van der Waals surface area contributed by atoms with Crippen LogP contribution in [-0.2, 0) is 0 Å². The molecule has 0 bridgehead atoms. The zero-order chi connectivity index (χ0) is 8.84. The van der Waals surface area contributed by atoms with Crippen molar-refractivity contribution >= 4 is 10.8 Å². The first kappa shape index (κ1) is 7.14. The number of rotatable bonds is 1. The molecule has 0 aliphatic heterocycles. The number of hydrogen-bond acceptors (Lipinski definition) is 0. The van der Waals surface area contributed by atoms with Crippen LogP contribution in [0.2, 0.25) is 0 Å². The molecule has 0 unspecified atom stereocenters. The van der Waals surface area contributed by atoms with Crippen molar-refractivity contribution in [2.75, 3.05) is 0 Å². The number of benzene rings is 2. The van der Waals surface area contributed by atoms with Gasteiger partial charge in [-0.2, -0.15) is 0 Å². The molecule has 3 rings (SSSR count). The maximum Gasteiger partial charge on any atom is 0.00992 e. The average Bonchev–Trinajstić information content (AvgIpc) is 2.17. The zero-order valence-electron chi connectivity index (χ0n) is 7.75. The van der Waals surface area contributed by atoms with Crippen LogP contribution in [0.4, 0.5) is 0 Å². The second-order valence-corrected chi connectivity index (χ2v) is 3.75. The van der Waals surface area contributed by atoms with Crippen LogP contribution in [0.1, 0.15) is 30.4 Å². The molecular formula is C13H12. The van der Waals surface area contributed by atoms with E-state index in [9.17, 15) is 0 Å². The minimum Gasteiger partial charge on any atom is -0.0645 e. The Morgan fingerprint density at radius 2 is 1.62 bits per heavy atom. The second-order valence-electron chi connectivity index (χ2n) is 3.75. The molecule has 0 heterocycles. The van der Waals surface area contributed by atoms with Crippen molar-refractivity contribution in [1.29, 1.82) is 0 Å². The molecule has 1 aliphatic carbocycles. The molecule has 0 saturated heterocycles. The average molecular weight is 168 g/mol. The summed E-state index contributed by atoms with van der Waals surface area (Å²) >= 11 is 0. The highest BCUT2D eigenvalue weighted by molar-refractivity contribution is 5.95. The van der Waals surface area contributed by atoms with Gasteiger partial charge in [0.05, 0.1) is 0 Å². The van der Waals surface area contributed by atoms with E-state index in [1.807, 2.05) is 0 Å². The van der Waals surface area contributed by atoms with Crippen LogP contribution in [-0.4, -0.2) is 0 Å². The Kier molecular flexibility index (Phi) is 1.29. The van der Waals surface area contributed by atoms with Crippen molar-refractivity contribution in [2.45, 2.75) is 19.3 Å². The van der Waals surface area contributed by atoms with Gasteiger partial charge in [-0.05, 0) is 28.3 Å². The molecule has 0 heteroatoms. The summed E-state index contributed by atoms with van der Waals surface area (Å²) in [6, 6.07) is 13.3. The van der Waals surface area contributed by atoms with Gasteiger partial charge in [-0.25, -0.2) is 0 Å². The lowest BCUT2D eigenvalue weighted by Gasteiger charge is -2.29. The number of hydrogen-bond donors (Lipinski definition) is 0. The summed E-state index contributed by atoms with van der Waals surface area (Å²) in [5, 5.41) is 2.91. The maximum absolute atomic E-state index is 2.27. The van der Waals surface area contributed by atoms with Crippen LogP contribution in [0.15, 0.2) is 36.4 Å². The van der Waals surface area contributed by atoms with Gasteiger partial charge in [0.15, 0.2) is 0 Å². The lowest BCUT2D eigenvalue weighted by molar-refractivity contribution is 0.758. The highest BCUT2D eigenvalue weighted by Crippen LogP contribution is 2.45. The lowest BCUT2D eigenvalue weighted by atomic mass is 9.74. The fourth-order valence-electron chi connectivity index (χ4n) is 2.51.